The van der Waals surface area contributed by atoms with Crippen LogP contribution in [0.3, 0.4) is 0 Å². The molecule has 0 fully saturated rings. The number of alkyl halides is 1. The van der Waals surface area contributed by atoms with Gasteiger partial charge in [0.2, 0.25) is 0 Å². The summed E-state index contributed by atoms with van der Waals surface area (Å²) in [6.45, 7) is -0.403. The Hall–Kier alpha value is -1.31. The molecule has 0 saturated carbocycles. The lowest BCUT2D eigenvalue weighted by atomic mass is 10.0. The van der Waals surface area contributed by atoms with Gasteiger partial charge < -0.3 is 14.0 Å². The van der Waals surface area contributed by atoms with E-state index in [9.17, 15) is 8.94 Å². The minimum absolute atomic E-state index is 0.412. The highest BCUT2D eigenvalue weighted by Crippen LogP contribution is 2.25. The van der Waals surface area contributed by atoms with Crippen LogP contribution >= 0.6 is 0 Å². The second kappa shape index (κ2) is 9.59. The SMILES string of the molecule is COCC[S+]([O-])c1ccc([C@@H](OC)[C@@H](CF)N=[N+]=[N-])cc1. The Bertz CT molecular complexity index is 468. The minimum atomic E-state index is -1.14. The van der Waals surface area contributed by atoms with Gasteiger partial charge in [0.25, 0.3) is 0 Å². The van der Waals surface area contributed by atoms with Crippen LogP contribution in [0.25, 0.3) is 10.4 Å². The fourth-order valence-corrected chi connectivity index (χ4v) is 2.83. The maximum absolute atomic E-state index is 12.9. The van der Waals surface area contributed by atoms with Gasteiger partial charge >= 0.3 is 0 Å². The Morgan fingerprint density at radius 2 is 2.05 bits per heavy atom. The number of azide groups is 1. The van der Waals surface area contributed by atoms with Crippen LogP contribution in [0.1, 0.15) is 11.7 Å². The van der Waals surface area contributed by atoms with Crippen LogP contribution < -0.4 is 0 Å². The third kappa shape index (κ3) is 5.18. The van der Waals surface area contributed by atoms with Gasteiger partial charge in [0.15, 0.2) is 4.90 Å². The largest absolute Gasteiger partial charge is 0.611 e. The molecule has 0 bridgehead atoms. The Morgan fingerprint density at radius 3 is 2.52 bits per heavy atom. The van der Waals surface area contributed by atoms with Crippen molar-refractivity contribution in [3.8, 4) is 0 Å². The van der Waals surface area contributed by atoms with Crippen LogP contribution in [-0.2, 0) is 20.6 Å². The van der Waals surface area contributed by atoms with Gasteiger partial charge in [-0.25, -0.2) is 0 Å². The normalized spacial score (nSPS) is 15.0. The number of nitrogens with zero attached hydrogens (tertiary/aromatic N) is 3. The number of benzene rings is 1. The summed E-state index contributed by atoms with van der Waals surface area (Å²) in [6, 6.07) is 5.86. The highest BCUT2D eigenvalue weighted by molar-refractivity contribution is 7.91. The fraction of sp³-hybridized carbons (Fsp3) is 0.538. The highest BCUT2D eigenvalue weighted by Gasteiger charge is 2.22. The van der Waals surface area contributed by atoms with Crippen molar-refractivity contribution >= 4 is 11.2 Å². The summed E-state index contributed by atoms with van der Waals surface area (Å²) in [7, 11) is 2.97. The molecule has 1 rings (SSSR count). The van der Waals surface area contributed by atoms with Crippen LogP contribution in [0.15, 0.2) is 34.3 Å². The molecular weight excluding hydrogens is 297 g/mol. The summed E-state index contributed by atoms with van der Waals surface area (Å²) >= 11 is -1.14. The van der Waals surface area contributed by atoms with E-state index in [1.54, 1.807) is 31.4 Å². The molecule has 21 heavy (non-hydrogen) atoms. The summed E-state index contributed by atoms with van der Waals surface area (Å²) < 4.78 is 34.9. The number of rotatable bonds is 9. The number of halogens is 1. The molecule has 0 spiro atoms. The molecule has 0 aliphatic rings. The number of methoxy groups -OCH3 is 2. The van der Waals surface area contributed by atoms with Gasteiger partial charge in [0.1, 0.15) is 12.4 Å². The van der Waals surface area contributed by atoms with Crippen molar-refractivity contribution in [3.05, 3.63) is 40.3 Å². The standard InChI is InChI=1S/C13H18FN3O3S/c1-19-7-8-21(18)11-5-3-10(4-6-11)13(20-2)12(9-14)16-17-15/h3-6,12-13H,7-9H2,1-2H3/t12-,13-,21?/m1/s1. The lowest BCUT2D eigenvalue weighted by Gasteiger charge is -2.20. The van der Waals surface area contributed by atoms with Gasteiger partial charge in [0, 0.05) is 19.1 Å². The first-order valence-corrected chi connectivity index (χ1v) is 7.60. The van der Waals surface area contributed by atoms with Crippen molar-refractivity contribution < 1.29 is 18.4 Å². The van der Waals surface area contributed by atoms with E-state index in [1.165, 1.54) is 7.11 Å². The van der Waals surface area contributed by atoms with Crippen LogP contribution in [0, 0.1) is 0 Å². The van der Waals surface area contributed by atoms with Crippen LogP contribution in [0.5, 0.6) is 0 Å². The molecule has 1 aromatic rings. The highest BCUT2D eigenvalue weighted by atomic mass is 32.2. The third-order valence-corrected chi connectivity index (χ3v) is 4.24. The zero-order chi connectivity index (χ0) is 15.7. The van der Waals surface area contributed by atoms with E-state index in [-0.39, 0.29) is 0 Å². The molecule has 0 saturated heterocycles. The predicted octanol–water partition coefficient (Wildman–Crippen LogP) is 2.78. The summed E-state index contributed by atoms with van der Waals surface area (Å²) in [4.78, 5) is 3.28. The van der Waals surface area contributed by atoms with Crippen LogP contribution in [-0.4, -0.2) is 43.8 Å². The smallest absolute Gasteiger partial charge is 0.152 e. The average Bonchev–Trinajstić information content (AvgIpc) is 2.53. The van der Waals surface area contributed by atoms with E-state index >= 15 is 0 Å². The van der Waals surface area contributed by atoms with E-state index < -0.39 is 30.0 Å². The zero-order valence-corrected chi connectivity index (χ0v) is 12.8. The van der Waals surface area contributed by atoms with Gasteiger partial charge in [-0.3, -0.25) is 4.39 Å². The van der Waals surface area contributed by atoms with Gasteiger partial charge in [-0.2, -0.15) is 0 Å². The van der Waals surface area contributed by atoms with E-state index in [4.69, 9.17) is 15.0 Å². The van der Waals surface area contributed by atoms with E-state index in [1.807, 2.05) is 0 Å². The van der Waals surface area contributed by atoms with Crippen molar-refractivity contribution in [2.24, 2.45) is 5.11 Å². The molecule has 0 aromatic heterocycles. The molecule has 3 atom stereocenters. The van der Waals surface area contributed by atoms with E-state index in [0.717, 1.165) is 0 Å². The predicted molar refractivity (Wildman–Crippen MR) is 78.3 cm³/mol. The van der Waals surface area contributed by atoms with Crippen molar-refractivity contribution in [1.29, 1.82) is 0 Å². The van der Waals surface area contributed by atoms with Gasteiger partial charge in [0.05, 0.1) is 18.8 Å². The Morgan fingerprint density at radius 1 is 1.38 bits per heavy atom. The molecule has 0 aliphatic heterocycles. The maximum Gasteiger partial charge on any atom is 0.152 e. The molecule has 0 amide bonds. The van der Waals surface area contributed by atoms with Crippen LogP contribution in [0.4, 0.5) is 4.39 Å². The molecule has 0 radical (unpaired) electrons. The molecule has 0 N–H and O–H groups in total. The molecular formula is C13H18FN3O3S. The minimum Gasteiger partial charge on any atom is -0.611 e. The van der Waals surface area contributed by atoms with Crippen molar-refractivity contribution in [2.45, 2.75) is 17.0 Å². The first kappa shape index (κ1) is 17.7. The summed E-state index contributed by atoms with van der Waals surface area (Å²) in [5.41, 5.74) is 9.11. The van der Waals surface area contributed by atoms with Crippen molar-refractivity contribution in [2.75, 3.05) is 33.3 Å². The van der Waals surface area contributed by atoms with Crippen molar-refractivity contribution in [1.82, 2.24) is 0 Å². The molecule has 0 heterocycles. The summed E-state index contributed by atoms with van der Waals surface area (Å²) in [5.74, 6) is 0.412. The van der Waals surface area contributed by atoms with Gasteiger partial charge in [-0.05, 0) is 34.4 Å². The molecule has 0 aliphatic carbocycles. The molecule has 1 aromatic carbocycles. The fourth-order valence-electron chi connectivity index (χ4n) is 1.84. The Labute approximate surface area is 126 Å². The van der Waals surface area contributed by atoms with E-state index in [0.29, 0.717) is 22.8 Å². The van der Waals surface area contributed by atoms with Crippen molar-refractivity contribution in [3.63, 3.8) is 0 Å². The second-order valence-electron chi connectivity index (χ2n) is 4.19. The number of hydrogen-bond acceptors (Lipinski definition) is 4. The van der Waals surface area contributed by atoms with E-state index in [2.05, 4.69) is 10.0 Å². The zero-order valence-electron chi connectivity index (χ0n) is 11.9. The van der Waals surface area contributed by atoms with Crippen LogP contribution in [0.2, 0.25) is 0 Å². The lowest BCUT2D eigenvalue weighted by Crippen LogP contribution is -2.20. The number of hydrogen-bond donors (Lipinski definition) is 0. The third-order valence-electron chi connectivity index (χ3n) is 2.91. The molecule has 1 unspecified atom stereocenters. The maximum atomic E-state index is 12.9. The molecule has 6 nitrogen and oxygen atoms in total. The lowest BCUT2D eigenvalue weighted by molar-refractivity contribution is 0.0721. The Kier molecular flexibility index (Phi) is 8.11. The topological polar surface area (TPSA) is 90.3 Å². The monoisotopic (exact) mass is 315 g/mol. The molecule has 116 valence electrons. The summed E-state index contributed by atoms with van der Waals surface area (Å²) in [5, 5.41) is 3.39. The number of ether oxygens (including phenoxy) is 2. The van der Waals surface area contributed by atoms with Gasteiger partial charge in [-0.1, -0.05) is 17.2 Å². The first-order valence-electron chi connectivity index (χ1n) is 6.28. The molecule has 8 heteroatoms. The average molecular weight is 315 g/mol. The quantitative estimate of drug-likeness (QED) is 0.304. The second-order valence-corrected chi connectivity index (χ2v) is 5.77. The first-order chi connectivity index (χ1) is 10.2. The van der Waals surface area contributed by atoms with Gasteiger partial charge in [-0.15, -0.1) is 0 Å². The Balaban J connectivity index is 2.85. The summed E-state index contributed by atoms with van der Waals surface area (Å²) in [6.07, 6.45) is -0.674.